The Kier molecular flexibility index (Phi) is 4.68. The zero-order valence-electron chi connectivity index (χ0n) is 10.9. The Morgan fingerprint density at radius 2 is 2.53 bits per heavy atom. The molecule has 0 aromatic carbocycles. The number of urea groups is 1. The van der Waals surface area contributed by atoms with Gasteiger partial charge in [0.15, 0.2) is 5.82 Å². The van der Waals surface area contributed by atoms with Crippen LogP contribution < -0.4 is 5.32 Å². The predicted octanol–water partition coefficient (Wildman–Crippen LogP) is 2.11. The van der Waals surface area contributed by atoms with Crippen LogP contribution in [0, 0.1) is 11.7 Å². The van der Waals surface area contributed by atoms with Crippen LogP contribution in [0.4, 0.5) is 14.9 Å². The van der Waals surface area contributed by atoms with E-state index in [0.717, 1.165) is 12.6 Å². The zero-order valence-corrected chi connectivity index (χ0v) is 10.9. The number of aromatic nitrogens is 1. The molecule has 2 amide bonds. The minimum Gasteiger partial charge on any atom is -0.381 e. The van der Waals surface area contributed by atoms with Crippen molar-refractivity contribution in [1.29, 1.82) is 0 Å². The third-order valence-electron chi connectivity index (χ3n) is 3.14. The maximum atomic E-state index is 13.4. The fourth-order valence-electron chi connectivity index (χ4n) is 2.11. The first-order valence-corrected chi connectivity index (χ1v) is 6.44. The van der Waals surface area contributed by atoms with E-state index in [9.17, 15) is 9.18 Å². The number of nitrogens with zero attached hydrogens (tertiary/aromatic N) is 2. The minimum atomic E-state index is -0.527. The van der Waals surface area contributed by atoms with E-state index in [4.69, 9.17) is 4.74 Å². The Bertz CT molecular complexity index is 442. The lowest BCUT2D eigenvalue weighted by molar-refractivity contribution is 0.113. The molecule has 19 heavy (non-hydrogen) atoms. The molecule has 1 aliphatic heterocycles. The number of anilines is 1. The highest BCUT2D eigenvalue weighted by Gasteiger charge is 2.26. The highest BCUT2D eigenvalue weighted by atomic mass is 19.1. The van der Waals surface area contributed by atoms with E-state index in [1.165, 1.54) is 12.3 Å². The Balaban J connectivity index is 1.86. The molecule has 0 radical (unpaired) electrons. The van der Waals surface area contributed by atoms with E-state index >= 15 is 0 Å². The average Bonchev–Trinajstić information content (AvgIpc) is 2.88. The van der Waals surface area contributed by atoms with Gasteiger partial charge in [0.2, 0.25) is 0 Å². The Hall–Kier alpha value is -1.69. The first-order chi connectivity index (χ1) is 9.20. The molecule has 0 unspecified atom stereocenters. The molecule has 1 saturated heterocycles. The van der Waals surface area contributed by atoms with E-state index in [1.54, 1.807) is 4.90 Å². The van der Waals surface area contributed by atoms with E-state index in [-0.39, 0.29) is 11.7 Å². The average molecular weight is 267 g/mol. The Morgan fingerprint density at radius 1 is 1.68 bits per heavy atom. The van der Waals surface area contributed by atoms with Gasteiger partial charge in [0.05, 0.1) is 18.5 Å². The second kappa shape index (κ2) is 6.47. The summed E-state index contributed by atoms with van der Waals surface area (Å²) in [5, 5.41) is 2.56. The van der Waals surface area contributed by atoms with Crippen molar-refractivity contribution in [3.05, 3.63) is 24.3 Å². The summed E-state index contributed by atoms with van der Waals surface area (Å²) in [4.78, 5) is 17.3. The number of hydrogen-bond acceptors (Lipinski definition) is 3. The molecule has 0 bridgehead atoms. The summed E-state index contributed by atoms with van der Waals surface area (Å²) in [7, 11) is 0. The first-order valence-electron chi connectivity index (χ1n) is 6.44. The molecule has 104 valence electrons. The fraction of sp³-hybridized carbons (Fsp3) is 0.538. The second-order valence-corrected chi connectivity index (χ2v) is 4.55. The van der Waals surface area contributed by atoms with Crippen molar-refractivity contribution in [2.24, 2.45) is 5.92 Å². The van der Waals surface area contributed by atoms with Gasteiger partial charge in [0.1, 0.15) is 0 Å². The van der Waals surface area contributed by atoms with Gasteiger partial charge in [-0.05, 0) is 19.4 Å². The first kappa shape index (κ1) is 13.7. The molecule has 2 rings (SSSR count). The summed E-state index contributed by atoms with van der Waals surface area (Å²) in [5.41, 5.74) is 0.160. The third kappa shape index (κ3) is 3.64. The van der Waals surface area contributed by atoms with Crippen molar-refractivity contribution in [2.75, 3.05) is 31.6 Å². The van der Waals surface area contributed by atoms with Gasteiger partial charge in [-0.3, -0.25) is 4.98 Å². The highest BCUT2D eigenvalue weighted by molar-refractivity contribution is 5.89. The molecule has 1 aromatic heterocycles. The largest absolute Gasteiger partial charge is 0.381 e. The molecular formula is C13H18FN3O2. The molecule has 2 heterocycles. The third-order valence-corrected chi connectivity index (χ3v) is 3.14. The SMILES string of the molecule is CCOC[C@H]1CCN(C(=O)Nc2ccncc2F)C1. The van der Waals surface area contributed by atoms with Crippen LogP contribution in [0.1, 0.15) is 13.3 Å². The van der Waals surface area contributed by atoms with Crippen molar-refractivity contribution in [3.63, 3.8) is 0 Å². The van der Waals surface area contributed by atoms with Gasteiger partial charge >= 0.3 is 6.03 Å². The van der Waals surface area contributed by atoms with Crippen molar-refractivity contribution in [2.45, 2.75) is 13.3 Å². The van der Waals surface area contributed by atoms with Crippen molar-refractivity contribution < 1.29 is 13.9 Å². The summed E-state index contributed by atoms with van der Waals surface area (Å²) in [5.74, 6) is -0.158. The number of hydrogen-bond donors (Lipinski definition) is 1. The van der Waals surface area contributed by atoms with Crippen LogP contribution in [0.5, 0.6) is 0 Å². The molecule has 1 aromatic rings. The number of halogens is 1. The second-order valence-electron chi connectivity index (χ2n) is 4.55. The van der Waals surface area contributed by atoms with Gasteiger partial charge in [-0.2, -0.15) is 0 Å². The topological polar surface area (TPSA) is 54.5 Å². The molecule has 5 nitrogen and oxygen atoms in total. The number of likely N-dealkylation sites (tertiary alicyclic amines) is 1. The van der Waals surface area contributed by atoms with E-state index in [1.807, 2.05) is 6.92 Å². The molecule has 0 saturated carbocycles. The van der Waals surface area contributed by atoms with E-state index in [2.05, 4.69) is 10.3 Å². The van der Waals surface area contributed by atoms with E-state index in [0.29, 0.717) is 32.2 Å². The highest BCUT2D eigenvalue weighted by Crippen LogP contribution is 2.18. The lowest BCUT2D eigenvalue weighted by Gasteiger charge is -2.17. The van der Waals surface area contributed by atoms with Crippen molar-refractivity contribution >= 4 is 11.7 Å². The van der Waals surface area contributed by atoms with Gasteiger partial charge in [0, 0.05) is 31.8 Å². The van der Waals surface area contributed by atoms with Crippen molar-refractivity contribution in [3.8, 4) is 0 Å². The normalized spacial score (nSPS) is 18.6. The summed E-state index contributed by atoms with van der Waals surface area (Å²) in [6.07, 6.45) is 3.45. The quantitative estimate of drug-likeness (QED) is 0.909. The molecule has 1 aliphatic rings. The lowest BCUT2D eigenvalue weighted by Crippen LogP contribution is -2.33. The number of ether oxygens (including phenoxy) is 1. The number of carbonyl (C=O) groups excluding carboxylic acids is 1. The summed E-state index contributed by atoms with van der Waals surface area (Å²) in [6.45, 7) is 4.63. The van der Waals surface area contributed by atoms with Crippen LogP contribution in [0.3, 0.4) is 0 Å². The number of rotatable bonds is 4. The monoisotopic (exact) mass is 267 g/mol. The molecule has 6 heteroatoms. The standard InChI is InChI=1S/C13H18FN3O2/c1-2-19-9-10-4-6-17(8-10)13(18)16-12-3-5-15-7-11(12)14/h3,5,7,10H,2,4,6,8-9H2,1H3,(H,15,16,18)/t10-/m0/s1. The maximum Gasteiger partial charge on any atom is 0.321 e. The van der Waals surface area contributed by atoms with Gasteiger partial charge in [0.25, 0.3) is 0 Å². The zero-order chi connectivity index (χ0) is 13.7. The minimum absolute atomic E-state index is 0.160. The van der Waals surface area contributed by atoms with Crippen LogP contribution in [0.15, 0.2) is 18.5 Å². The van der Waals surface area contributed by atoms with Gasteiger partial charge < -0.3 is 15.0 Å². The molecular weight excluding hydrogens is 249 g/mol. The van der Waals surface area contributed by atoms with Crippen molar-refractivity contribution in [1.82, 2.24) is 9.88 Å². The number of amides is 2. The van der Waals surface area contributed by atoms with E-state index < -0.39 is 5.82 Å². The number of nitrogens with one attached hydrogen (secondary N) is 1. The summed E-state index contributed by atoms with van der Waals surface area (Å²) < 4.78 is 18.7. The molecule has 0 aliphatic carbocycles. The van der Waals surface area contributed by atoms with Gasteiger partial charge in [-0.25, -0.2) is 9.18 Å². The van der Waals surface area contributed by atoms with Crippen LogP contribution in [0.25, 0.3) is 0 Å². The molecule has 1 fully saturated rings. The smallest absolute Gasteiger partial charge is 0.321 e. The van der Waals surface area contributed by atoms with Crippen LogP contribution in [-0.4, -0.2) is 42.2 Å². The van der Waals surface area contributed by atoms with Crippen LogP contribution in [-0.2, 0) is 4.74 Å². The maximum absolute atomic E-state index is 13.4. The Labute approximate surface area is 111 Å². The molecule has 1 N–H and O–H groups in total. The predicted molar refractivity (Wildman–Crippen MR) is 69.4 cm³/mol. The number of pyridine rings is 1. The lowest BCUT2D eigenvalue weighted by atomic mass is 10.1. The number of carbonyl (C=O) groups is 1. The molecule has 0 spiro atoms. The Morgan fingerprint density at radius 3 is 3.26 bits per heavy atom. The van der Waals surface area contributed by atoms with Gasteiger partial charge in [-0.1, -0.05) is 0 Å². The van der Waals surface area contributed by atoms with Crippen LogP contribution >= 0.6 is 0 Å². The van der Waals surface area contributed by atoms with Crippen LogP contribution in [0.2, 0.25) is 0 Å². The summed E-state index contributed by atoms with van der Waals surface area (Å²) >= 11 is 0. The molecule has 1 atom stereocenters. The fourth-order valence-corrected chi connectivity index (χ4v) is 2.11. The summed E-state index contributed by atoms with van der Waals surface area (Å²) in [6, 6.07) is 1.17. The van der Waals surface area contributed by atoms with Gasteiger partial charge in [-0.15, -0.1) is 0 Å².